The first-order valence-corrected chi connectivity index (χ1v) is 8.08. The van der Waals surface area contributed by atoms with Gasteiger partial charge in [0.05, 0.1) is 18.8 Å². The van der Waals surface area contributed by atoms with E-state index in [0.29, 0.717) is 12.0 Å². The molecule has 21 heavy (non-hydrogen) atoms. The molecule has 0 spiro atoms. The van der Waals surface area contributed by atoms with Crippen LogP contribution in [0.5, 0.6) is 5.75 Å². The summed E-state index contributed by atoms with van der Waals surface area (Å²) in [4.78, 5) is 0. The van der Waals surface area contributed by atoms with Crippen LogP contribution in [0, 0.1) is 0 Å². The Labute approximate surface area is 129 Å². The summed E-state index contributed by atoms with van der Waals surface area (Å²) in [7, 11) is 0. The molecule has 1 aromatic carbocycles. The van der Waals surface area contributed by atoms with Crippen LogP contribution in [0.15, 0.2) is 24.3 Å². The van der Waals surface area contributed by atoms with Gasteiger partial charge < -0.3 is 14.8 Å². The maximum absolute atomic E-state index is 5.98. The van der Waals surface area contributed by atoms with Crippen LogP contribution < -0.4 is 10.1 Å². The van der Waals surface area contributed by atoms with Crippen LogP contribution in [0.1, 0.15) is 52.0 Å². The molecule has 2 atom stereocenters. The lowest BCUT2D eigenvalue weighted by Crippen LogP contribution is -2.38. The summed E-state index contributed by atoms with van der Waals surface area (Å²) in [6.07, 6.45) is 2.19. The summed E-state index contributed by atoms with van der Waals surface area (Å²) in [5.74, 6) is 1.61. The molecular weight excluding hydrogens is 262 g/mol. The molecule has 1 aliphatic rings. The first-order valence-electron chi connectivity index (χ1n) is 8.08. The molecule has 0 aromatic heterocycles. The largest absolute Gasteiger partial charge is 0.493 e. The van der Waals surface area contributed by atoms with E-state index in [-0.39, 0.29) is 5.60 Å². The average Bonchev–Trinajstić information content (AvgIpc) is 2.44. The van der Waals surface area contributed by atoms with Crippen LogP contribution in [0.2, 0.25) is 0 Å². The van der Waals surface area contributed by atoms with Crippen molar-refractivity contribution in [1.29, 1.82) is 0 Å². The van der Waals surface area contributed by atoms with Crippen molar-refractivity contribution >= 4 is 0 Å². The van der Waals surface area contributed by atoms with Gasteiger partial charge in [-0.1, -0.05) is 25.1 Å². The Kier molecular flexibility index (Phi) is 5.65. The van der Waals surface area contributed by atoms with Gasteiger partial charge in [0, 0.05) is 6.04 Å². The normalized spacial score (nSPS) is 19.7. The van der Waals surface area contributed by atoms with E-state index in [1.54, 1.807) is 0 Å². The molecule has 118 valence electrons. The Bertz CT molecular complexity index is 439. The van der Waals surface area contributed by atoms with Crippen molar-refractivity contribution in [3.63, 3.8) is 0 Å². The number of likely N-dealkylation sites (N-methyl/N-ethyl adjacent to an activating group) is 1. The topological polar surface area (TPSA) is 30.5 Å². The van der Waals surface area contributed by atoms with E-state index in [4.69, 9.17) is 9.47 Å². The summed E-state index contributed by atoms with van der Waals surface area (Å²) in [5, 5.41) is 3.57. The zero-order valence-electron chi connectivity index (χ0n) is 13.8. The molecule has 0 aliphatic carbocycles. The molecule has 0 bridgehead atoms. The molecule has 2 unspecified atom stereocenters. The highest BCUT2D eigenvalue weighted by Crippen LogP contribution is 2.36. The zero-order chi connectivity index (χ0) is 15.3. The Hall–Kier alpha value is -1.06. The Balaban J connectivity index is 2.00. The number of benzene rings is 1. The van der Waals surface area contributed by atoms with E-state index in [2.05, 4.69) is 51.2 Å². The van der Waals surface area contributed by atoms with Crippen LogP contribution in [0.25, 0.3) is 0 Å². The maximum Gasteiger partial charge on any atom is 0.122 e. The van der Waals surface area contributed by atoms with Gasteiger partial charge >= 0.3 is 0 Å². The predicted octanol–water partition coefficient (Wildman–Crippen LogP) is 3.74. The van der Waals surface area contributed by atoms with Gasteiger partial charge in [0.25, 0.3) is 0 Å². The Morgan fingerprint density at radius 2 is 2.10 bits per heavy atom. The molecule has 3 heteroatoms. The van der Waals surface area contributed by atoms with Gasteiger partial charge in [0.15, 0.2) is 0 Å². The monoisotopic (exact) mass is 291 g/mol. The first kappa shape index (κ1) is 16.3. The van der Waals surface area contributed by atoms with Crippen LogP contribution >= 0.6 is 0 Å². The average molecular weight is 291 g/mol. The number of fused-ring (bicyclic) bond motifs is 1. The smallest absolute Gasteiger partial charge is 0.122 e. The number of ether oxygens (including phenoxy) is 2. The molecule has 1 heterocycles. The Morgan fingerprint density at radius 3 is 2.81 bits per heavy atom. The molecule has 0 fully saturated rings. The number of hydrogen-bond donors (Lipinski definition) is 1. The van der Waals surface area contributed by atoms with E-state index in [0.717, 1.165) is 38.3 Å². The van der Waals surface area contributed by atoms with Gasteiger partial charge in [-0.15, -0.1) is 0 Å². The second-order valence-electron chi connectivity index (χ2n) is 6.79. The van der Waals surface area contributed by atoms with E-state index in [9.17, 15) is 0 Å². The lowest BCUT2D eigenvalue weighted by molar-refractivity contribution is -0.0164. The van der Waals surface area contributed by atoms with Gasteiger partial charge in [0.1, 0.15) is 5.75 Å². The van der Waals surface area contributed by atoms with Gasteiger partial charge in [-0.05, 0) is 57.7 Å². The second-order valence-corrected chi connectivity index (χ2v) is 6.79. The molecule has 1 aliphatic heterocycles. The summed E-state index contributed by atoms with van der Waals surface area (Å²) in [6, 6.07) is 8.83. The summed E-state index contributed by atoms with van der Waals surface area (Å²) < 4.78 is 11.7. The molecule has 1 aromatic rings. The van der Waals surface area contributed by atoms with Gasteiger partial charge in [-0.2, -0.15) is 0 Å². The van der Waals surface area contributed by atoms with Crippen molar-refractivity contribution in [2.45, 2.75) is 58.1 Å². The van der Waals surface area contributed by atoms with Crippen molar-refractivity contribution in [3.8, 4) is 5.75 Å². The van der Waals surface area contributed by atoms with Crippen LogP contribution in [0.3, 0.4) is 0 Å². The first-order chi connectivity index (χ1) is 9.99. The number of nitrogens with one attached hydrogen (secondary N) is 1. The van der Waals surface area contributed by atoms with E-state index in [1.165, 1.54) is 5.56 Å². The molecule has 1 N–H and O–H groups in total. The van der Waals surface area contributed by atoms with E-state index < -0.39 is 0 Å². The Morgan fingerprint density at radius 1 is 1.33 bits per heavy atom. The SMILES string of the molecule is CCNC(COC(C)(C)C)CC1CCOc2ccccc21. The minimum absolute atomic E-state index is 0.0821. The summed E-state index contributed by atoms with van der Waals surface area (Å²) in [6.45, 7) is 11.0. The summed E-state index contributed by atoms with van der Waals surface area (Å²) >= 11 is 0. The molecular formula is C18H29NO2. The molecule has 0 saturated heterocycles. The highest BCUT2D eigenvalue weighted by molar-refractivity contribution is 5.37. The van der Waals surface area contributed by atoms with Crippen molar-refractivity contribution in [3.05, 3.63) is 29.8 Å². The third kappa shape index (κ3) is 5.01. The third-order valence-corrected chi connectivity index (χ3v) is 3.86. The van der Waals surface area contributed by atoms with Gasteiger partial charge in [0.2, 0.25) is 0 Å². The maximum atomic E-state index is 5.98. The molecule has 0 saturated carbocycles. The highest BCUT2D eigenvalue weighted by atomic mass is 16.5. The van der Waals surface area contributed by atoms with Crippen molar-refractivity contribution in [2.75, 3.05) is 19.8 Å². The van der Waals surface area contributed by atoms with Gasteiger partial charge in [-0.3, -0.25) is 0 Å². The zero-order valence-corrected chi connectivity index (χ0v) is 13.8. The van der Waals surface area contributed by atoms with Crippen molar-refractivity contribution in [2.24, 2.45) is 0 Å². The number of para-hydroxylation sites is 1. The van der Waals surface area contributed by atoms with Crippen LogP contribution in [-0.4, -0.2) is 31.4 Å². The van der Waals surface area contributed by atoms with E-state index in [1.807, 2.05) is 6.07 Å². The molecule has 0 radical (unpaired) electrons. The summed E-state index contributed by atoms with van der Waals surface area (Å²) in [5.41, 5.74) is 1.27. The molecule has 3 nitrogen and oxygen atoms in total. The number of rotatable bonds is 6. The quantitative estimate of drug-likeness (QED) is 0.866. The lowest BCUT2D eigenvalue weighted by Gasteiger charge is -2.31. The fourth-order valence-corrected chi connectivity index (χ4v) is 2.85. The molecule has 0 amide bonds. The fraction of sp³-hybridized carbons (Fsp3) is 0.667. The minimum Gasteiger partial charge on any atom is -0.493 e. The van der Waals surface area contributed by atoms with Crippen LogP contribution in [-0.2, 0) is 4.74 Å². The van der Waals surface area contributed by atoms with Crippen molar-refractivity contribution < 1.29 is 9.47 Å². The predicted molar refractivity (Wildman–Crippen MR) is 87.1 cm³/mol. The minimum atomic E-state index is -0.0821. The fourth-order valence-electron chi connectivity index (χ4n) is 2.85. The lowest BCUT2D eigenvalue weighted by atomic mass is 9.87. The highest BCUT2D eigenvalue weighted by Gasteiger charge is 2.25. The van der Waals surface area contributed by atoms with Crippen molar-refractivity contribution in [1.82, 2.24) is 5.32 Å². The number of hydrogen-bond acceptors (Lipinski definition) is 3. The van der Waals surface area contributed by atoms with E-state index >= 15 is 0 Å². The van der Waals surface area contributed by atoms with Crippen LogP contribution in [0.4, 0.5) is 0 Å². The van der Waals surface area contributed by atoms with Gasteiger partial charge in [-0.25, -0.2) is 0 Å². The molecule has 2 rings (SSSR count). The standard InChI is InChI=1S/C18H29NO2/c1-5-19-15(13-21-18(2,3)4)12-14-10-11-20-17-9-7-6-8-16(14)17/h6-9,14-15,19H,5,10-13H2,1-4H3. The second kappa shape index (κ2) is 7.28. The third-order valence-electron chi connectivity index (χ3n) is 3.86.